The number of hydrogen-bond acceptors (Lipinski definition) is 1. The summed E-state index contributed by atoms with van der Waals surface area (Å²) in [6.07, 6.45) is 4.55. The molecule has 0 aliphatic heterocycles. The molecule has 0 bridgehead atoms. The van der Waals surface area contributed by atoms with Crippen molar-refractivity contribution in [1.82, 2.24) is 5.32 Å². The average Bonchev–Trinajstić information content (AvgIpc) is 2.10. The van der Waals surface area contributed by atoms with E-state index in [4.69, 9.17) is 0 Å². The van der Waals surface area contributed by atoms with E-state index >= 15 is 0 Å². The molecule has 0 atom stereocenters. The molecule has 0 aromatic heterocycles. The Hall–Kier alpha value is -1.34. The largest absolute Gasteiger partial charge is 0.390 e. The van der Waals surface area contributed by atoms with Gasteiger partial charge in [0.05, 0.1) is 0 Å². The summed E-state index contributed by atoms with van der Waals surface area (Å²) in [5.41, 5.74) is 0. The topological polar surface area (TPSA) is 12.0 Å². The Morgan fingerprint density at radius 1 is 1.25 bits per heavy atom. The van der Waals surface area contributed by atoms with E-state index in [-0.39, 0.29) is 0 Å². The van der Waals surface area contributed by atoms with E-state index < -0.39 is 0 Å². The molecular weight excluding hydrogens is 146 g/mol. The fourth-order valence-electron chi connectivity index (χ4n) is 0.575. The zero-order valence-corrected chi connectivity index (χ0v) is 7.61. The van der Waals surface area contributed by atoms with Crippen LogP contribution in [-0.2, 0) is 0 Å². The average molecular weight is 161 g/mol. The molecule has 64 valence electrons. The predicted octanol–water partition coefficient (Wildman–Crippen LogP) is 1.92. The Balaban J connectivity index is 3.35. The number of unbranched alkanes of at least 4 members (excludes halogenated alkanes) is 1. The van der Waals surface area contributed by atoms with Crippen molar-refractivity contribution in [3.8, 4) is 23.7 Å². The van der Waals surface area contributed by atoms with E-state index in [9.17, 15) is 0 Å². The molecule has 1 N–H and O–H groups in total. The van der Waals surface area contributed by atoms with Gasteiger partial charge in [0.15, 0.2) is 0 Å². The molecule has 12 heavy (non-hydrogen) atoms. The van der Waals surface area contributed by atoms with Crippen molar-refractivity contribution >= 4 is 0 Å². The van der Waals surface area contributed by atoms with E-state index in [0.717, 1.165) is 25.8 Å². The lowest BCUT2D eigenvalue weighted by Gasteiger charge is -1.89. The molecule has 1 nitrogen and oxygen atoms in total. The van der Waals surface area contributed by atoms with Crippen LogP contribution in [0.5, 0.6) is 0 Å². The van der Waals surface area contributed by atoms with Gasteiger partial charge in [0.1, 0.15) is 0 Å². The standard InChI is InChI=1S/C11H15N/c1-3-5-6-7-8-9-10-11-12-4-2/h4,12H,2-3,5,10-11H2,1H3. The molecule has 0 amide bonds. The van der Waals surface area contributed by atoms with Crippen LogP contribution in [0, 0.1) is 23.7 Å². The molecule has 0 aromatic rings. The SMILES string of the molecule is C=CNCCC#CC#CCCC. The van der Waals surface area contributed by atoms with Crippen LogP contribution in [0.3, 0.4) is 0 Å². The van der Waals surface area contributed by atoms with Gasteiger partial charge in [0.25, 0.3) is 0 Å². The summed E-state index contributed by atoms with van der Waals surface area (Å²) < 4.78 is 0. The Kier molecular flexibility index (Phi) is 8.58. The maximum Gasteiger partial charge on any atom is 0.0272 e. The minimum absolute atomic E-state index is 0.826. The lowest BCUT2D eigenvalue weighted by Crippen LogP contribution is -2.04. The lowest BCUT2D eigenvalue weighted by atomic mass is 10.3. The van der Waals surface area contributed by atoms with Crippen LogP contribution < -0.4 is 5.32 Å². The van der Waals surface area contributed by atoms with Crippen LogP contribution in [0.2, 0.25) is 0 Å². The van der Waals surface area contributed by atoms with Crippen LogP contribution in [0.1, 0.15) is 26.2 Å². The number of nitrogens with one attached hydrogen (secondary N) is 1. The molecule has 0 aromatic carbocycles. The summed E-state index contributed by atoms with van der Waals surface area (Å²) >= 11 is 0. The van der Waals surface area contributed by atoms with Crippen LogP contribution >= 0.6 is 0 Å². The third-order valence-electron chi connectivity index (χ3n) is 1.15. The molecule has 0 fully saturated rings. The Morgan fingerprint density at radius 2 is 1.92 bits per heavy atom. The van der Waals surface area contributed by atoms with Crippen LogP contribution in [0.15, 0.2) is 12.8 Å². The molecule has 0 heterocycles. The normalized spacial score (nSPS) is 7.08. The number of hydrogen-bond donors (Lipinski definition) is 1. The van der Waals surface area contributed by atoms with E-state index in [1.165, 1.54) is 0 Å². The van der Waals surface area contributed by atoms with Crippen molar-refractivity contribution in [1.29, 1.82) is 0 Å². The summed E-state index contributed by atoms with van der Waals surface area (Å²) in [4.78, 5) is 0. The molecule has 0 unspecified atom stereocenters. The molecule has 1 heteroatoms. The molecule has 0 rings (SSSR count). The van der Waals surface area contributed by atoms with E-state index in [1.54, 1.807) is 6.20 Å². The third kappa shape index (κ3) is 8.66. The first kappa shape index (κ1) is 10.7. The second kappa shape index (κ2) is 9.66. The zero-order chi connectivity index (χ0) is 9.07. The van der Waals surface area contributed by atoms with Gasteiger partial charge in [-0.2, -0.15) is 0 Å². The first-order chi connectivity index (χ1) is 5.91. The van der Waals surface area contributed by atoms with Crippen molar-refractivity contribution in [3.05, 3.63) is 12.8 Å². The Bertz CT molecular complexity index is 219. The predicted molar refractivity (Wildman–Crippen MR) is 53.3 cm³/mol. The maximum absolute atomic E-state index is 3.53. The molecule has 0 aliphatic carbocycles. The highest BCUT2D eigenvalue weighted by molar-refractivity contribution is 5.25. The van der Waals surface area contributed by atoms with Crippen molar-refractivity contribution in [2.45, 2.75) is 26.2 Å². The van der Waals surface area contributed by atoms with Gasteiger partial charge in [0.2, 0.25) is 0 Å². The van der Waals surface area contributed by atoms with E-state index in [2.05, 4.69) is 42.5 Å². The van der Waals surface area contributed by atoms with E-state index in [1.807, 2.05) is 0 Å². The third-order valence-corrected chi connectivity index (χ3v) is 1.15. The van der Waals surface area contributed by atoms with Gasteiger partial charge in [0, 0.05) is 19.4 Å². The molecule has 0 saturated heterocycles. The van der Waals surface area contributed by atoms with Crippen molar-refractivity contribution in [2.24, 2.45) is 0 Å². The van der Waals surface area contributed by atoms with Crippen LogP contribution in [0.25, 0.3) is 0 Å². The second-order valence-electron chi connectivity index (χ2n) is 2.26. The van der Waals surface area contributed by atoms with Gasteiger partial charge in [-0.05, 0) is 24.5 Å². The van der Waals surface area contributed by atoms with Crippen LogP contribution in [0.4, 0.5) is 0 Å². The van der Waals surface area contributed by atoms with Gasteiger partial charge in [-0.15, -0.1) is 0 Å². The number of rotatable bonds is 4. The minimum Gasteiger partial charge on any atom is -0.390 e. The summed E-state index contributed by atoms with van der Waals surface area (Å²) in [5.74, 6) is 11.5. The van der Waals surface area contributed by atoms with Crippen molar-refractivity contribution < 1.29 is 0 Å². The Morgan fingerprint density at radius 3 is 2.50 bits per heavy atom. The van der Waals surface area contributed by atoms with Gasteiger partial charge in [-0.3, -0.25) is 0 Å². The van der Waals surface area contributed by atoms with Crippen LogP contribution in [-0.4, -0.2) is 6.54 Å². The summed E-state index contributed by atoms with van der Waals surface area (Å²) in [7, 11) is 0. The summed E-state index contributed by atoms with van der Waals surface area (Å²) in [6.45, 7) is 6.49. The van der Waals surface area contributed by atoms with Gasteiger partial charge in [-0.25, -0.2) is 0 Å². The van der Waals surface area contributed by atoms with Crippen molar-refractivity contribution in [2.75, 3.05) is 6.54 Å². The smallest absolute Gasteiger partial charge is 0.0272 e. The second-order valence-corrected chi connectivity index (χ2v) is 2.26. The van der Waals surface area contributed by atoms with Crippen molar-refractivity contribution in [3.63, 3.8) is 0 Å². The molecular formula is C11H15N. The fourth-order valence-corrected chi connectivity index (χ4v) is 0.575. The fraction of sp³-hybridized carbons (Fsp3) is 0.455. The maximum atomic E-state index is 3.53. The first-order valence-corrected chi connectivity index (χ1v) is 4.21. The monoisotopic (exact) mass is 161 g/mol. The summed E-state index contributed by atoms with van der Waals surface area (Å²) in [6, 6.07) is 0. The highest BCUT2D eigenvalue weighted by atomic mass is 14.8. The molecule has 0 spiro atoms. The Labute approximate surface area is 75.2 Å². The van der Waals surface area contributed by atoms with E-state index in [0.29, 0.717) is 0 Å². The minimum atomic E-state index is 0.826. The highest BCUT2D eigenvalue weighted by Crippen LogP contribution is 1.79. The summed E-state index contributed by atoms with van der Waals surface area (Å²) in [5, 5.41) is 2.96. The van der Waals surface area contributed by atoms with Gasteiger partial charge >= 0.3 is 0 Å². The highest BCUT2D eigenvalue weighted by Gasteiger charge is 1.73. The van der Waals surface area contributed by atoms with Gasteiger partial charge < -0.3 is 5.32 Å². The lowest BCUT2D eigenvalue weighted by molar-refractivity contribution is 0.867. The first-order valence-electron chi connectivity index (χ1n) is 4.21. The quantitative estimate of drug-likeness (QED) is 0.490. The molecule has 0 radical (unpaired) electrons. The zero-order valence-electron chi connectivity index (χ0n) is 7.61. The molecule has 0 saturated carbocycles. The van der Waals surface area contributed by atoms with Gasteiger partial charge in [-0.1, -0.05) is 25.3 Å². The molecule has 0 aliphatic rings.